The van der Waals surface area contributed by atoms with Gasteiger partial charge in [-0.25, -0.2) is 0 Å². The van der Waals surface area contributed by atoms with E-state index < -0.39 is 17.7 Å². The smallest absolute Gasteiger partial charge is 0.303 e. The molecule has 112 valence electrons. The highest BCUT2D eigenvalue weighted by atomic mass is 16.4. The van der Waals surface area contributed by atoms with Crippen LogP contribution < -0.4 is 16.8 Å². The summed E-state index contributed by atoms with van der Waals surface area (Å²) in [5, 5.41) is 11.5. The lowest BCUT2D eigenvalue weighted by Crippen LogP contribution is -2.62. The number of Topliss-reactive ketones (excluding diaryl/α,β-unsaturated/α-hetero) is 1. The Labute approximate surface area is 114 Å². The van der Waals surface area contributed by atoms with Crippen LogP contribution in [-0.4, -0.2) is 35.1 Å². The van der Waals surface area contributed by atoms with Gasteiger partial charge in [-0.05, 0) is 26.3 Å². The van der Waals surface area contributed by atoms with Crippen molar-refractivity contribution in [3.63, 3.8) is 0 Å². The first-order chi connectivity index (χ1) is 8.81. The molecule has 0 radical (unpaired) electrons. The predicted molar refractivity (Wildman–Crippen MR) is 74.6 cm³/mol. The van der Waals surface area contributed by atoms with Crippen molar-refractivity contribution in [2.45, 2.75) is 64.1 Å². The molecule has 0 aliphatic rings. The fourth-order valence-electron chi connectivity index (χ4n) is 1.78. The van der Waals surface area contributed by atoms with Crippen molar-refractivity contribution in [2.75, 3.05) is 6.54 Å². The lowest BCUT2D eigenvalue weighted by Gasteiger charge is -2.27. The Hall–Kier alpha value is -0.980. The van der Waals surface area contributed by atoms with E-state index in [-0.39, 0.29) is 18.6 Å². The maximum Gasteiger partial charge on any atom is 0.303 e. The van der Waals surface area contributed by atoms with Crippen LogP contribution in [0.2, 0.25) is 0 Å². The molecule has 0 saturated carbocycles. The Morgan fingerprint density at radius 3 is 2.47 bits per heavy atom. The quantitative estimate of drug-likeness (QED) is 0.323. The van der Waals surface area contributed by atoms with Gasteiger partial charge in [0, 0.05) is 6.42 Å². The topological polar surface area (TPSA) is 118 Å². The second-order valence-corrected chi connectivity index (χ2v) is 5.09. The maximum atomic E-state index is 12.0. The molecule has 6 nitrogen and oxygen atoms in total. The first kappa shape index (κ1) is 18.0. The lowest BCUT2D eigenvalue weighted by molar-refractivity contribution is -0.137. The molecule has 0 heterocycles. The standard InChI is InChI=1S/C13H27N3O3/c1-3-4-5-6-9-16-13(2,15)12(19)10(14)7-8-11(17)18/h10,16H,3-9,14-15H2,1-2H3,(H,17,18). The number of rotatable bonds is 11. The number of hydrogen-bond donors (Lipinski definition) is 4. The molecular formula is C13H27N3O3. The summed E-state index contributed by atoms with van der Waals surface area (Å²) in [5.41, 5.74) is 10.4. The van der Waals surface area contributed by atoms with Crippen LogP contribution in [0.25, 0.3) is 0 Å². The van der Waals surface area contributed by atoms with E-state index in [2.05, 4.69) is 12.2 Å². The Kier molecular flexibility index (Phi) is 8.54. The third-order valence-corrected chi connectivity index (χ3v) is 3.04. The SMILES string of the molecule is CCCCCCNC(C)(N)C(=O)C(N)CCC(=O)O. The molecule has 0 aromatic carbocycles. The van der Waals surface area contributed by atoms with Gasteiger partial charge in [0.25, 0.3) is 0 Å². The van der Waals surface area contributed by atoms with Crippen LogP contribution in [0.15, 0.2) is 0 Å². The summed E-state index contributed by atoms with van der Waals surface area (Å²) in [5.74, 6) is -1.31. The van der Waals surface area contributed by atoms with Crippen molar-refractivity contribution in [2.24, 2.45) is 11.5 Å². The van der Waals surface area contributed by atoms with Crippen LogP contribution in [0, 0.1) is 0 Å². The second-order valence-electron chi connectivity index (χ2n) is 5.09. The van der Waals surface area contributed by atoms with E-state index in [0.29, 0.717) is 6.54 Å². The van der Waals surface area contributed by atoms with E-state index in [0.717, 1.165) is 25.7 Å². The van der Waals surface area contributed by atoms with Crippen LogP contribution in [0.1, 0.15) is 52.4 Å². The average molecular weight is 273 g/mol. The average Bonchev–Trinajstić information content (AvgIpc) is 2.34. The van der Waals surface area contributed by atoms with Gasteiger partial charge in [-0.15, -0.1) is 0 Å². The van der Waals surface area contributed by atoms with Crippen molar-refractivity contribution in [3.8, 4) is 0 Å². The summed E-state index contributed by atoms with van der Waals surface area (Å²) in [6, 6.07) is -0.839. The molecule has 0 rings (SSSR count). The summed E-state index contributed by atoms with van der Waals surface area (Å²) in [4.78, 5) is 22.4. The van der Waals surface area contributed by atoms with Crippen molar-refractivity contribution < 1.29 is 14.7 Å². The summed E-state index contributed by atoms with van der Waals surface area (Å²) in [6.07, 6.45) is 4.35. The zero-order chi connectivity index (χ0) is 14.9. The first-order valence-corrected chi connectivity index (χ1v) is 6.87. The number of ketones is 1. The van der Waals surface area contributed by atoms with Crippen LogP contribution >= 0.6 is 0 Å². The molecule has 0 bridgehead atoms. The Bertz CT molecular complexity index is 293. The van der Waals surface area contributed by atoms with Crippen LogP contribution in [0.5, 0.6) is 0 Å². The molecule has 2 unspecified atom stereocenters. The highest BCUT2D eigenvalue weighted by Crippen LogP contribution is 2.06. The van der Waals surface area contributed by atoms with Gasteiger partial charge in [0.2, 0.25) is 0 Å². The number of carbonyl (C=O) groups excluding carboxylic acids is 1. The number of carboxylic acid groups (broad SMARTS) is 1. The van der Waals surface area contributed by atoms with E-state index in [1.807, 2.05) is 0 Å². The number of carbonyl (C=O) groups is 2. The van der Waals surface area contributed by atoms with Crippen molar-refractivity contribution in [1.29, 1.82) is 0 Å². The minimum absolute atomic E-state index is 0.110. The number of unbranched alkanes of at least 4 members (excludes halogenated alkanes) is 3. The first-order valence-electron chi connectivity index (χ1n) is 6.87. The molecule has 2 atom stereocenters. The molecule has 0 fully saturated rings. The highest BCUT2D eigenvalue weighted by Gasteiger charge is 2.31. The van der Waals surface area contributed by atoms with E-state index in [1.54, 1.807) is 6.92 Å². The van der Waals surface area contributed by atoms with Gasteiger partial charge in [-0.1, -0.05) is 26.2 Å². The number of nitrogens with two attached hydrogens (primary N) is 2. The Morgan fingerprint density at radius 2 is 1.95 bits per heavy atom. The van der Waals surface area contributed by atoms with Crippen LogP contribution in [0.3, 0.4) is 0 Å². The summed E-state index contributed by atoms with van der Waals surface area (Å²) < 4.78 is 0. The molecule has 0 aromatic rings. The van der Waals surface area contributed by atoms with Crippen LogP contribution in [-0.2, 0) is 9.59 Å². The molecule has 0 amide bonds. The van der Waals surface area contributed by atoms with Gasteiger partial charge in [0.15, 0.2) is 5.78 Å². The Morgan fingerprint density at radius 1 is 1.32 bits per heavy atom. The van der Waals surface area contributed by atoms with Crippen molar-refractivity contribution in [1.82, 2.24) is 5.32 Å². The molecule has 0 spiro atoms. The summed E-state index contributed by atoms with van der Waals surface area (Å²) in [6.45, 7) is 4.37. The van der Waals surface area contributed by atoms with Crippen molar-refractivity contribution >= 4 is 11.8 Å². The van der Waals surface area contributed by atoms with Gasteiger partial charge in [-0.2, -0.15) is 0 Å². The zero-order valence-corrected chi connectivity index (χ0v) is 11.9. The number of carboxylic acids is 1. The lowest BCUT2D eigenvalue weighted by atomic mass is 9.97. The van der Waals surface area contributed by atoms with Gasteiger partial charge in [0.1, 0.15) is 5.66 Å². The molecule has 19 heavy (non-hydrogen) atoms. The van der Waals surface area contributed by atoms with Crippen LogP contribution in [0.4, 0.5) is 0 Å². The molecule has 6 heteroatoms. The highest BCUT2D eigenvalue weighted by molar-refractivity contribution is 5.92. The van der Waals surface area contributed by atoms with E-state index in [9.17, 15) is 9.59 Å². The molecule has 0 aliphatic carbocycles. The second kappa shape index (κ2) is 9.01. The minimum atomic E-state index is -1.19. The molecular weight excluding hydrogens is 246 g/mol. The van der Waals surface area contributed by atoms with Gasteiger partial charge < -0.3 is 16.6 Å². The number of hydrogen-bond acceptors (Lipinski definition) is 5. The fraction of sp³-hybridized carbons (Fsp3) is 0.846. The van der Waals surface area contributed by atoms with E-state index >= 15 is 0 Å². The third-order valence-electron chi connectivity index (χ3n) is 3.04. The van der Waals surface area contributed by atoms with E-state index in [4.69, 9.17) is 16.6 Å². The number of nitrogens with one attached hydrogen (secondary N) is 1. The van der Waals surface area contributed by atoms with Crippen molar-refractivity contribution in [3.05, 3.63) is 0 Å². The summed E-state index contributed by atoms with van der Waals surface area (Å²) in [7, 11) is 0. The third kappa shape index (κ3) is 7.92. The predicted octanol–water partition coefficient (Wildman–Crippen LogP) is 0.592. The van der Waals surface area contributed by atoms with Gasteiger partial charge >= 0.3 is 5.97 Å². The maximum absolute atomic E-state index is 12.0. The Balaban J connectivity index is 4.07. The van der Waals surface area contributed by atoms with E-state index in [1.165, 1.54) is 0 Å². The van der Waals surface area contributed by atoms with Gasteiger partial charge in [0.05, 0.1) is 6.04 Å². The number of aliphatic carboxylic acids is 1. The summed E-state index contributed by atoms with van der Waals surface area (Å²) >= 11 is 0. The zero-order valence-electron chi connectivity index (χ0n) is 11.9. The molecule has 6 N–H and O–H groups in total. The van der Waals surface area contributed by atoms with Gasteiger partial charge in [-0.3, -0.25) is 14.9 Å². The molecule has 0 aliphatic heterocycles. The molecule has 0 saturated heterocycles. The monoisotopic (exact) mass is 273 g/mol. The normalized spacial score (nSPS) is 15.8. The largest absolute Gasteiger partial charge is 0.481 e. The minimum Gasteiger partial charge on any atom is -0.481 e. The molecule has 0 aromatic heterocycles. The fourth-order valence-corrected chi connectivity index (χ4v) is 1.78.